The number of benzene rings is 1. The van der Waals surface area contributed by atoms with E-state index in [1.54, 1.807) is 6.20 Å². The van der Waals surface area contributed by atoms with Crippen LogP contribution in [-0.2, 0) is 11.2 Å². The normalized spacial score (nSPS) is 10.5. The van der Waals surface area contributed by atoms with Gasteiger partial charge in [-0.3, -0.25) is 4.79 Å². The van der Waals surface area contributed by atoms with Crippen LogP contribution < -0.4 is 10.2 Å². The molecule has 4 nitrogen and oxygen atoms in total. The van der Waals surface area contributed by atoms with E-state index in [0.717, 1.165) is 43.9 Å². The van der Waals surface area contributed by atoms with Gasteiger partial charge in [0.2, 0.25) is 5.91 Å². The highest BCUT2D eigenvalue weighted by atomic mass is 16.1. The van der Waals surface area contributed by atoms with Crippen LogP contribution in [0.3, 0.4) is 0 Å². The number of nitrogens with one attached hydrogen (secondary N) is 1. The molecule has 0 saturated carbocycles. The van der Waals surface area contributed by atoms with Crippen molar-refractivity contribution >= 4 is 17.4 Å². The summed E-state index contributed by atoms with van der Waals surface area (Å²) in [5, 5.41) is 2.93. The Kier molecular flexibility index (Phi) is 7.45. The van der Waals surface area contributed by atoms with E-state index in [9.17, 15) is 4.79 Å². The Morgan fingerprint density at radius 1 is 1.04 bits per heavy atom. The first-order valence-corrected chi connectivity index (χ1v) is 9.18. The highest BCUT2D eigenvalue weighted by molar-refractivity contribution is 5.90. The Hall–Kier alpha value is -2.36. The number of hydrogen-bond acceptors (Lipinski definition) is 3. The lowest BCUT2D eigenvalue weighted by molar-refractivity contribution is -0.116. The van der Waals surface area contributed by atoms with Gasteiger partial charge in [-0.15, -0.1) is 0 Å². The van der Waals surface area contributed by atoms with E-state index in [4.69, 9.17) is 0 Å². The molecule has 0 aliphatic carbocycles. The van der Waals surface area contributed by atoms with Crippen molar-refractivity contribution in [3.05, 3.63) is 53.7 Å². The maximum absolute atomic E-state index is 12.1. The number of nitrogens with zero attached hydrogens (tertiary/aromatic N) is 2. The van der Waals surface area contributed by atoms with Crippen molar-refractivity contribution in [1.82, 2.24) is 4.98 Å². The fourth-order valence-corrected chi connectivity index (χ4v) is 2.76. The zero-order valence-corrected chi connectivity index (χ0v) is 15.6. The summed E-state index contributed by atoms with van der Waals surface area (Å²) in [7, 11) is 0. The molecule has 1 heterocycles. The number of amides is 1. The van der Waals surface area contributed by atoms with Crippen molar-refractivity contribution in [2.45, 2.75) is 46.5 Å². The fourth-order valence-electron chi connectivity index (χ4n) is 2.76. The first-order chi connectivity index (χ1) is 12.1. The van der Waals surface area contributed by atoms with Gasteiger partial charge in [-0.1, -0.05) is 43.7 Å². The SMILES string of the molecule is CCCN(CCC)c1ccc(NC(=O)CCc2ccc(C)cc2)cn1. The molecule has 25 heavy (non-hydrogen) atoms. The van der Waals surface area contributed by atoms with Crippen LogP contribution in [-0.4, -0.2) is 24.0 Å². The molecule has 1 N–H and O–H groups in total. The number of aryl methyl sites for hydroxylation is 2. The molecule has 0 bridgehead atoms. The minimum atomic E-state index is 0.0223. The van der Waals surface area contributed by atoms with Crippen molar-refractivity contribution in [2.75, 3.05) is 23.3 Å². The molecule has 134 valence electrons. The smallest absolute Gasteiger partial charge is 0.224 e. The molecule has 1 aromatic heterocycles. The average Bonchev–Trinajstić information content (AvgIpc) is 2.62. The van der Waals surface area contributed by atoms with E-state index in [-0.39, 0.29) is 5.91 Å². The van der Waals surface area contributed by atoms with Crippen molar-refractivity contribution in [3.63, 3.8) is 0 Å². The maximum Gasteiger partial charge on any atom is 0.224 e. The molecule has 0 atom stereocenters. The van der Waals surface area contributed by atoms with Crippen molar-refractivity contribution in [2.24, 2.45) is 0 Å². The van der Waals surface area contributed by atoms with E-state index in [2.05, 4.69) is 60.2 Å². The van der Waals surface area contributed by atoms with Gasteiger partial charge in [-0.2, -0.15) is 0 Å². The molecular formula is C21H29N3O. The highest BCUT2D eigenvalue weighted by Gasteiger charge is 2.07. The summed E-state index contributed by atoms with van der Waals surface area (Å²) < 4.78 is 0. The Morgan fingerprint density at radius 2 is 1.72 bits per heavy atom. The number of hydrogen-bond donors (Lipinski definition) is 1. The largest absolute Gasteiger partial charge is 0.357 e. The molecule has 1 aromatic carbocycles. The zero-order chi connectivity index (χ0) is 18.1. The summed E-state index contributed by atoms with van der Waals surface area (Å²) in [6, 6.07) is 12.2. The Morgan fingerprint density at radius 3 is 2.28 bits per heavy atom. The molecule has 4 heteroatoms. The predicted octanol–water partition coefficient (Wildman–Crippen LogP) is 4.59. The van der Waals surface area contributed by atoms with Gasteiger partial charge in [0.15, 0.2) is 0 Å². The minimum Gasteiger partial charge on any atom is -0.357 e. The molecule has 0 fully saturated rings. The second kappa shape index (κ2) is 9.82. The highest BCUT2D eigenvalue weighted by Crippen LogP contribution is 2.15. The van der Waals surface area contributed by atoms with E-state index in [0.29, 0.717) is 6.42 Å². The van der Waals surface area contributed by atoms with Gasteiger partial charge in [0.25, 0.3) is 0 Å². The van der Waals surface area contributed by atoms with E-state index in [1.807, 2.05) is 12.1 Å². The Balaban J connectivity index is 1.87. The number of aromatic nitrogens is 1. The third-order valence-electron chi connectivity index (χ3n) is 4.10. The van der Waals surface area contributed by atoms with Gasteiger partial charge in [-0.05, 0) is 43.9 Å². The van der Waals surface area contributed by atoms with Crippen LogP contribution >= 0.6 is 0 Å². The van der Waals surface area contributed by atoms with E-state index >= 15 is 0 Å². The molecule has 0 spiro atoms. The van der Waals surface area contributed by atoms with Crippen LogP contribution in [0.1, 0.15) is 44.2 Å². The number of rotatable bonds is 9. The van der Waals surface area contributed by atoms with Gasteiger partial charge in [0.05, 0.1) is 11.9 Å². The quantitative estimate of drug-likeness (QED) is 0.727. The number of pyridine rings is 1. The topological polar surface area (TPSA) is 45.2 Å². The molecule has 1 amide bonds. The van der Waals surface area contributed by atoms with E-state index < -0.39 is 0 Å². The molecule has 0 saturated heterocycles. The third kappa shape index (κ3) is 6.22. The second-order valence-corrected chi connectivity index (χ2v) is 6.43. The van der Waals surface area contributed by atoms with Crippen molar-refractivity contribution in [3.8, 4) is 0 Å². The number of anilines is 2. The van der Waals surface area contributed by atoms with Gasteiger partial charge >= 0.3 is 0 Å². The molecule has 0 aliphatic heterocycles. The average molecular weight is 339 g/mol. The summed E-state index contributed by atoms with van der Waals surface area (Å²) in [6.07, 6.45) is 5.16. The lowest BCUT2D eigenvalue weighted by Crippen LogP contribution is -2.25. The summed E-state index contributed by atoms with van der Waals surface area (Å²) in [5.41, 5.74) is 3.18. The molecule has 0 aliphatic rings. The van der Waals surface area contributed by atoms with Crippen molar-refractivity contribution in [1.29, 1.82) is 0 Å². The van der Waals surface area contributed by atoms with Crippen LogP contribution in [0.2, 0.25) is 0 Å². The minimum absolute atomic E-state index is 0.0223. The summed E-state index contributed by atoms with van der Waals surface area (Å²) in [5.74, 6) is 0.996. The molecule has 0 radical (unpaired) electrons. The molecule has 2 rings (SSSR count). The monoisotopic (exact) mass is 339 g/mol. The number of carbonyl (C=O) groups excluding carboxylic acids is 1. The van der Waals surface area contributed by atoms with Gasteiger partial charge in [0, 0.05) is 19.5 Å². The lowest BCUT2D eigenvalue weighted by atomic mass is 10.1. The fraction of sp³-hybridized carbons (Fsp3) is 0.429. The van der Waals surface area contributed by atoms with Crippen LogP contribution in [0.15, 0.2) is 42.6 Å². The Bertz CT molecular complexity index is 644. The second-order valence-electron chi connectivity index (χ2n) is 6.43. The first-order valence-electron chi connectivity index (χ1n) is 9.18. The summed E-state index contributed by atoms with van der Waals surface area (Å²) in [4.78, 5) is 18.9. The summed E-state index contributed by atoms with van der Waals surface area (Å²) >= 11 is 0. The van der Waals surface area contributed by atoms with Crippen LogP contribution in [0, 0.1) is 6.92 Å². The lowest BCUT2D eigenvalue weighted by Gasteiger charge is -2.22. The first kappa shape index (κ1) is 19.0. The van der Waals surface area contributed by atoms with Gasteiger partial charge in [-0.25, -0.2) is 4.98 Å². The van der Waals surface area contributed by atoms with Gasteiger partial charge < -0.3 is 10.2 Å². The molecular weight excluding hydrogens is 310 g/mol. The van der Waals surface area contributed by atoms with Crippen LogP contribution in [0.4, 0.5) is 11.5 Å². The van der Waals surface area contributed by atoms with E-state index in [1.165, 1.54) is 11.1 Å². The molecule has 0 unspecified atom stereocenters. The van der Waals surface area contributed by atoms with Crippen LogP contribution in [0.25, 0.3) is 0 Å². The third-order valence-corrected chi connectivity index (χ3v) is 4.10. The number of carbonyl (C=O) groups is 1. The Labute approximate surface area is 151 Å². The van der Waals surface area contributed by atoms with Crippen LogP contribution in [0.5, 0.6) is 0 Å². The molecule has 2 aromatic rings. The maximum atomic E-state index is 12.1. The summed E-state index contributed by atoms with van der Waals surface area (Å²) in [6.45, 7) is 8.41. The predicted molar refractivity (Wildman–Crippen MR) is 105 cm³/mol. The zero-order valence-electron chi connectivity index (χ0n) is 15.6. The van der Waals surface area contributed by atoms with Gasteiger partial charge in [0.1, 0.15) is 5.82 Å². The van der Waals surface area contributed by atoms with Crippen molar-refractivity contribution < 1.29 is 4.79 Å². The standard InChI is InChI=1S/C21H29N3O/c1-4-14-24(15-5-2)20-12-11-19(16-22-20)23-21(25)13-10-18-8-6-17(3)7-9-18/h6-9,11-12,16H,4-5,10,13-15H2,1-3H3,(H,23,25).